The Balaban J connectivity index is 1.35. The van der Waals surface area contributed by atoms with E-state index in [0.29, 0.717) is 38.0 Å². The fourth-order valence-electron chi connectivity index (χ4n) is 4.41. The van der Waals surface area contributed by atoms with Gasteiger partial charge < -0.3 is 10.2 Å². The number of amides is 1. The summed E-state index contributed by atoms with van der Waals surface area (Å²) in [4.78, 5) is 18.1. The van der Waals surface area contributed by atoms with E-state index in [4.69, 9.17) is 0 Å². The fourth-order valence-corrected chi connectivity index (χ4v) is 5.84. The van der Waals surface area contributed by atoms with Gasteiger partial charge in [0, 0.05) is 32.4 Å². The molecule has 1 aromatic heterocycles. The van der Waals surface area contributed by atoms with Crippen LogP contribution in [-0.4, -0.2) is 51.2 Å². The van der Waals surface area contributed by atoms with E-state index in [9.17, 15) is 26.4 Å². The summed E-state index contributed by atoms with van der Waals surface area (Å²) in [5.41, 5.74) is 0.811. The van der Waals surface area contributed by atoms with Crippen LogP contribution in [-0.2, 0) is 27.4 Å². The van der Waals surface area contributed by atoms with E-state index < -0.39 is 27.7 Å². The number of hydrogen-bond donors (Lipinski definition) is 1. The topological polar surface area (TPSA) is 82.6 Å². The third-order valence-electron chi connectivity index (χ3n) is 6.02. The van der Waals surface area contributed by atoms with Crippen LogP contribution in [0, 0.1) is 5.92 Å². The molecule has 0 bridgehead atoms. The number of para-hydroxylation sites is 1. The molecule has 11 heteroatoms. The molecule has 1 unspecified atom stereocenters. The maximum absolute atomic E-state index is 13.4. The summed E-state index contributed by atoms with van der Waals surface area (Å²) in [6.45, 7) is 0.775. The van der Waals surface area contributed by atoms with Crippen LogP contribution in [0.15, 0.2) is 42.6 Å². The highest BCUT2D eigenvalue weighted by Crippen LogP contribution is 2.36. The first-order chi connectivity index (χ1) is 15.7. The molecule has 33 heavy (non-hydrogen) atoms. The van der Waals surface area contributed by atoms with Gasteiger partial charge in [0.1, 0.15) is 5.82 Å². The molecular weight excluding hydrogens is 457 g/mol. The van der Waals surface area contributed by atoms with Crippen molar-refractivity contribution in [2.24, 2.45) is 5.92 Å². The molecule has 178 valence electrons. The minimum absolute atomic E-state index is 0.0618. The lowest BCUT2D eigenvalue weighted by atomic mass is 9.96. The summed E-state index contributed by atoms with van der Waals surface area (Å²) in [6, 6.07) is 9.53. The number of aromatic nitrogens is 1. The highest BCUT2D eigenvalue weighted by atomic mass is 32.2. The fraction of sp³-hybridized carbons (Fsp3) is 0.455. The van der Waals surface area contributed by atoms with Gasteiger partial charge in [0.2, 0.25) is 15.9 Å². The van der Waals surface area contributed by atoms with E-state index in [2.05, 4.69) is 10.3 Å². The predicted molar refractivity (Wildman–Crippen MR) is 118 cm³/mol. The number of fused-ring (bicyclic) bond motifs is 1. The van der Waals surface area contributed by atoms with Crippen LogP contribution >= 0.6 is 0 Å². The smallest absolute Gasteiger partial charge is 0.355 e. The van der Waals surface area contributed by atoms with Gasteiger partial charge >= 0.3 is 6.18 Å². The van der Waals surface area contributed by atoms with Crippen molar-refractivity contribution in [1.29, 1.82) is 0 Å². The molecule has 3 heterocycles. The zero-order valence-corrected chi connectivity index (χ0v) is 18.7. The van der Waals surface area contributed by atoms with Crippen molar-refractivity contribution in [1.82, 2.24) is 10.3 Å². The average Bonchev–Trinajstić information content (AvgIpc) is 3.24. The second kappa shape index (κ2) is 9.20. The van der Waals surface area contributed by atoms with Gasteiger partial charge in [-0.05, 0) is 43.0 Å². The number of rotatable bonds is 6. The van der Waals surface area contributed by atoms with Crippen LogP contribution in [0.25, 0.3) is 0 Å². The van der Waals surface area contributed by atoms with Crippen LogP contribution in [0.3, 0.4) is 0 Å². The highest BCUT2D eigenvalue weighted by molar-refractivity contribution is 7.92. The Bertz CT molecular complexity index is 1120. The molecular formula is C22H25F3N4O3S. The Labute approximate surface area is 190 Å². The monoisotopic (exact) mass is 482 g/mol. The molecule has 7 nitrogen and oxygen atoms in total. The quantitative estimate of drug-likeness (QED) is 0.685. The lowest BCUT2D eigenvalue weighted by molar-refractivity contribution is -0.137. The number of hydrogen-bond acceptors (Lipinski definition) is 5. The van der Waals surface area contributed by atoms with Gasteiger partial charge in [-0.25, -0.2) is 13.4 Å². The van der Waals surface area contributed by atoms with Crippen molar-refractivity contribution in [3.63, 3.8) is 0 Å². The Morgan fingerprint density at radius 2 is 1.94 bits per heavy atom. The third kappa shape index (κ3) is 5.07. The molecule has 0 saturated carbocycles. The molecule has 2 aliphatic rings. The standard InChI is InChI=1S/C22H25F3N4O3S/c23-22(24,25)18-7-3-10-26-20(18)28-12-4-6-17(15-28)21(30)27-11-14-33(31,32)29-13-9-16-5-1-2-8-19(16)29/h1-3,5,7-8,10,17H,4,6,9,11-15H2,(H,27,30). The minimum atomic E-state index is -4.54. The van der Waals surface area contributed by atoms with Gasteiger partial charge in [0.05, 0.1) is 22.9 Å². The third-order valence-corrected chi connectivity index (χ3v) is 7.79. The Morgan fingerprint density at radius 1 is 1.15 bits per heavy atom. The van der Waals surface area contributed by atoms with Crippen LogP contribution in [0.4, 0.5) is 24.7 Å². The summed E-state index contributed by atoms with van der Waals surface area (Å²) in [5.74, 6) is -1.34. The molecule has 2 aromatic rings. The number of halogens is 3. The van der Waals surface area contributed by atoms with E-state index in [-0.39, 0.29) is 30.6 Å². The maximum atomic E-state index is 13.4. The van der Waals surface area contributed by atoms with Crippen LogP contribution in [0.2, 0.25) is 0 Å². The van der Waals surface area contributed by atoms with Crippen molar-refractivity contribution in [2.75, 3.05) is 41.1 Å². The van der Waals surface area contributed by atoms with Crippen LogP contribution in [0.5, 0.6) is 0 Å². The Morgan fingerprint density at radius 3 is 2.73 bits per heavy atom. The van der Waals surface area contributed by atoms with Crippen LogP contribution < -0.4 is 14.5 Å². The molecule has 1 amide bonds. The zero-order chi connectivity index (χ0) is 23.6. The molecule has 2 aliphatic heterocycles. The average molecular weight is 483 g/mol. The number of benzene rings is 1. The summed E-state index contributed by atoms with van der Waals surface area (Å²) in [6.07, 6.45) is -1.54. The lowest BCUT2D eigenvalue weighted by Gasteiger charge is -2.34. The molecule has 0 spiro atoms. The van der Waals surface area contributed by atoms with Crippen molar-refractivity contribution in [3.05, 3.63) is 53.7 Å². The number of sulfonamides is 1. The molecule has 1 saturated heterocycles. The SMILES string of the molecule is O=C(NCCS(=O)(=O)N1CCc2ccccc21)C1CCCN(c2ncccc2C(F)(F)F)C1. The van der Waals surface area contributed by atoms with E-state index >= 15 is 0 Å². The largest absolute Gasteiger partial charge is 0.419 e. The number of piperidine rings is 1. The molecule has 1 N–H and O–H groups in total. The zero-order valence-electron chi connectivity index (χ0n) is 17.9. The van der Waals surface area contributed by atoms with Gasteiger partial charge in [0.15, 0.2) is 0 Å². The van der Waals surface area contributed by atoms with E-state index in [0.717, 1.165) is 11.6 Å². The summed E-state index contributed by atoms with van der Waals surface area (Å²) in [7, 11) is -3.60. The Kier molecular flexibility index (Phi) is 6.51. The van der Waals surface area contributed by atoms with Crippen molar-refractivity contribution >= 4 is 27.4 Å². The summed E-state index contributed by atoms with van der Waals surface area (Å²) >= 11 is 0. The van der Waals surface area contributed by atoms with E-state index in [1.807, 2.05) is 12.1 Å². The molecule has 1 atom stereocenters. The van der Waals surface area contributed by atoms with Crippen molar-refractivity contribution < 1.29 is 26.4 Å². The molecule has 1 fully saturated rings. The maximum Gasteiger partial charge on any atom is 0.419 e. The van der Waals surface area contributed by atoms with Gasteiger partial charge in [0.25, 0.3) is 0 Å². The number of nitrogens with zero attached hydrogens (tertiary/aromatic N) is 3. The Hall–Kier alpha value is -2.82. The molecule has 4 rings (SSSR count). The second-order valence-corrected chi connectivity index (χ2v) is 10.2. The normalized spacial score (nSPS) is 18.8. The summed E-state index contributed by atoms with van der Waals surface area (Å²) in [5, 5.41) is 2.66. The minimum Gasteiger partial charge on any atom is -0.355 e. The predicted octanol–water partition coefficient (Wildman–Crippen LogP) is 2.83. The van der Waals surface area contributed by atoms with Crippen molar-refractivity contribution in [2.45, 2.75) is 25.4 Å². The first kappa shape index (κ1) is 23.3. The highest BCUT2D eigenvalue weighted by Gasteiger charge is 2.37. The number of carbonyl (C=O) groups excluding carboxylic acids is 1. The first-order valence-electron chi connectivity index (χ1n) is 10.8. The van der Waals surface area contributed by atoms with Gasteiger partial charge in [-0.3, -0.25) is 9.10 Å². The molecule has 0 radical (unpaired) electrons. The molecule has 0 aliphatic carbocycles. The molecule has 1 aromatic carbocycles. The van der Waals surface area contributed by atoms with E-state index in [1.54, 1.807) is 12.1 Å². The van der Waals surface area contributed by atoms with Gasteiger partial charge in [-0.1, -0.05) is 18.2 Å². The van der Waals surface area contributed by atoms with Gasteiger partial charge in [-0.15, -0.1) is 0 Å². The van der Waals surface area contributed by atoms with Crippen molar-refractivity contribution in [3.8, 4) is 0 Å². The number of pyridine rings is 1. The first-order valence-corrected chi connectivity index (χ1v) is 12.4. The number of alkyl halides is 3. The lowest BCUT2D eigenvalue weighted by Crippen LogP contribution is -2.45. The van der Waals surface area contributed by atoms with E-state index in [1.165, 1.54) is 21.5 Å². The van der Waals surface area contributed by atoms with Crippen LogP contribution in [0.1, 0.15) is 24.0 Å². The number of nitrogens with one attached hydrogen (secondary N) is 1. The number of anilines is 2. The number of carbonyl (C=O) groups is 1. The van der Waals surface area contributed by atoms with Gasteiger partial charge in [-0.2, -0.15) is 13.2 Å². The second-order valence-electron chi connectivity index (χ2n) is 8.22. The summed E-state index contributed by atoms with van der Waals surface area (Å²) < 4.78 is 67.0.